The van der Waals surface area contributed by atoms with Crippen LogP contribution in [-0.2, 0) is 19.3 Å². The first-order valence-corrected chi connectivity index (χ1v) is 7.41. The van der Waals surface area contributed by atoms with Crippen LogP contribution in [0.3, 0.4) is 0 Å². The monoisotopic (exact) mass is 283 g/mol. The van der Waals surface area contributed by atoms with Gasteiger partial charge in [0.2, 0.25) is 0 Å². The van der Waals surface area contributed by atoms with E-state index in [1.807, 2.05) is 0 Å². The maximum Gasteiger partial charge on any atom is 0.407 e. The van der Waals surface area contributed by atoms with Gasteiger partial charge >= 0.3 is 6.09 Å². The highest BCUT2D eigenvalue weighted by Crippen LogP contribution is 2.13. The number of carbonyl (C=O) groups excluding carboxylic acids is 1. The first-order valence-electron chi connectivity index (χ1n) is 5.35. The van der Waals surface area contributed by atoms with Crippen molar-refractivity contribution in [3.05, 3.63) is 0 Å². The van der Waals surface area contributed by atoms with Crippen LogP contribution < -0.4 is 5.32 Å². The summed E-state index contributed by atoms with van der Waals surface area (Å²) in [6.07, 6.45) is -1.54. The Morgan fingerprint density at radius 1 is 1.56 bits per heavy atom. The number of aliphatic hydroxyl groups is 2. The first kappa shape index (κ1) is 15.2. The molecule has 1 unspecified atom stereocenters. The third kappa shape index (κ3) is 4.77. The van der Waals surface area contributed by atoms with E-state index in [9.17, 15) is 18.3 Å². The van der Waals surface area contributed by atoms with Crippen LogP contribution >= 0.6 is 0 Å². The minimum absolute atomic E-state index is 0.0631. The SMILES string of the molecule is CS(=O)(=O)CCOC(=O)N[C@@H]1CO[C@H](CO)C1O. The largest absolute Gasteiger partial charge is 0.448 e. The van der Waals surface area contributed by atoms with Crippen molar-refractivity contribution in [2.75, 3.05) is 31.8 Å². The Balaban J connectivity index is 2.29. The molecule has 106 valence electrons. The van der Waals surface area contributed by atoms with Gasteiger partial charge in [-0.3, -0.25) is 0 Å². The standard InChI is InChI=1S/C9H17NO7S/c1-18(14,15)3-2-16-9(13)10-6-5-17-7(4-11)8(6)12/h6-8,11-12H,2-5H2,1H3,(H,10,13)/t6-,7-,8?/m1/s1. The van der Waals surface area contributed by atoms with Gasteiger partial charge in [-0.2, -0.15) is 0 Å². The van der Waals surface area contributed by atoms with Crippen LogP contribution in [-0.4, -0.2) is 74.8 Å². The lowest BCUT2D eigenvalue weighted by Gasteiger charge is -2.16. The third-order valence-corrected chi connectivity index (χ3v) is 3.36. The lowest BCUT2D eigenvalue weighted by Crippen LogP contribution is -2.45. The fraction of sp³-hybridized carbons (Fsp3) is 0.889. The predicted octanol–water partition coefficient (Wildman–Crippen LogP) is -2.12. The molecular weight excluding hydrogens is 266 g/mol. The molecule has 18 heavy (non-hydrogen) atoms. The fourth-order valence-corrected chi connectivity index (χ4v) is 1.84. The molecule has 0 spiro atoms. The highest BCUT2D eigenvalue weighted by molar-refractivity contribution is 7.90. The molecule has 1 aliphatic rings. The van der Waals surface area contributed by atoms with Gasteiger partial charge in [-0.15, -0.1) is 0 Å². The summed E-state index contributed by atoms with van der Waals surface area (Å²) in [5, 5.41) is 20.8. The van der Waals surface area contributed by atoms with Gasteiger partial charge in [0.05, 0.1) is 25.0 Å². The Kier molecular flexibility index (Phi) is 5.32. The molecule has 0 aromatic carbocycles. The second-order valence-electron chi connectivity index (χ2n) is 4.06. The average molecular weight is 283 g/mol. The van der Waals surface area contributed by atoms with Gasteiger partial charge in [-0.05, 0) is 0 Å². The van der Waals surface area contributed by atoms with E-state index >= 15 is 0 Å². The number of hydrogen-bond donors (Lipinski definition) is 3. The second-order valence-corrected chi connectivity index (χ2v) is 6.32. The summed E-state index contributed by atoms with van der Waals surface area (Å²) in [4.78, 5) is 11.3. The molecule has 8 nitrogen and oxygen atoms in total. The van der Waals surface area contributed by atoms with Crippen molar-refractivity contribution in [2.24, 2.45) is 0 Å². The molecule has 9 heteroatoms. The quantitative estimate of drug-likeness (QED) is 0.527. The predicted molar refractivity (Wildman–Crippen MR) is 60.8 cm³/mol. The summed E-state index contributed by atoms with van der Waals surface area (Å²) in [5.74, 6) is -0.261. The molecule has 0 bridgehead atoms. The van der Waals surface area contributed by atoms with Crippen molar-refractivity contribution in [3.8, 4) is 0 Å². The highest BCUT2D eigenvalue weighted by Gasteiger charge is 2.36. The van der Waals surface area contributed by atoms with Crippen LogP contribution in [0.2, 0.25) is 0 Å². The van der Waals surface area contributed by atoms with Crippen LogP contribution in [0.25, 0.3) is 0 Å². The summed E-state index contributed by atoms with van der Waals surface area (Å²) in [7, 11) is -3.18. The van der Waals surface area contributed by atoms with E-state index in [0.717, 1.165) is 6.26 Å². The maximum absolute atomic E-state index is 11.3. The van der Waals surface area contributed by atoms with E-state index in [-0.39, 0.29) is 25.6 Å². The minimum atomic E-state index is -3.18. The van der Waals surface area contributed by atoms with Crippen molar-refractivity contribution < 1.29 is 32.9 Å². The molecule has 0 aliphatic carbocycles. The number of aliphatic hydroxyl groups excluding tert-OH is 2. The number of carbonyl (C=O) groups is 1. The Bertz CT molecular complexity index is 382. The molecule has 0 radical (unpaired) electrons. The topological polar surface area (TPSA) is 122 Å². The van der Waals surface area contributed by atoms with Crippen molar-refractivity contribution in [2.45, 2.75) is 18.2 Å². The number of hydrogen-bond acceptors (Lipinski definition) is 7. The van der Waals surface area contributed by atoms with E-state index in [0.29, 0.717) is 0 Å². The number of amides is 1. The molecule has 1 amide bonds. The molecule has 3 N–H and O–H groups in total. The summed E-state index contributed by atoms with van der Waals surface area (Å²) in [5.41, 5.74) is 0. The molecule has 3 atom stereocenters. The normalized spacial score (nSPS) is 28.1. The minimum Gasteiger partial charge on any atom is -0.448 e. The van der Waals surface area contributed by atoms with Crippen LogP contribution in [0, 0.1) is 0 Å². The molecule has 1 fully saturated rings. The summed E-state index contributed by atoms with van der Waals surface area (Å²) in [6.45, 7) is -0.534. The van der Waals surface area contributed by atoms with Gasteiger partial charge in [-0.25, -0.2) is 13.2 Å². The molecule has 0 aromatic heterocycles. The van der Waals surface area contributed by atoms with Gasteiger partial charge < -0.3 is 25.0 Å². The number of nitrogens with one attached hydrogen (secondary N) is 1. The van der Waals surface area contributed by atoms with Gasteiger partial charge in [0, 0.05) is 6.26 Å². The molecular formula is C9H17NO7S. The summed E-state index contributed by atoms with van der Waals surface area (Å²) >= 11 is 0. The lowest BCUT2D eigenvalue weighted by atomic mass is 10.1. The van der Waals surface area contributed by atoms with Crippen LogP contribution in [0.15, 0.2) is 0 Å². The fourth-order valence-electron chi connectivity index (χ4n) is 1.45. The number of ether oxygens (including phenoxy) is 2. The van der Waals surface area contributed by atoms with E-state index in [1.54, 1.807) is 0 Å². The van der Waals surface area contributed by atoms with Gasteiger partial charge in [0.25, 0.3) is 0 Å². The van der Waals surface area contributed by atoms with Gasteiger partial charge in [0.1, 0.15) is 18.8 Å². The van der Waals surface area contributed by atoms with Crippen molar-refractivity contribution in [1.82, 2.24) is 5.32 Å². The summed E-state index contributed by atoms with van der Waals surface area (Å²) < 4.78 is 31.2. The average Bonchev–Trinajstić information content (AvgIpc) is 2.58. The Labute approximate surface area is 105 Å². The van der Waals surface area contributed by atoms with Crippen LogP contribution in [0.5, 0.6) is 0 Å². The Hall–Kier alpha value is -0.900. The zero-order chi connectivity index (χ0) is 13.8. The lowest BCUT2D eigenvalue weighted by molar-refractivity contribution is 0.00272. The van der Waals surface area contributed by atoms with E-state index < -0.39 is 34.2 Å². The van der Waals surface area contributed by atoms with E-state index in [4.69, 9.17) is 9.84 Å². The molecule has 1 saturated heterocycles. The van der Waals surface area contributed by atoms with Crippen molar-refractivity contribution in [1.29, 1.82) is 0 Å². The van der Waals surface area contributed by atoms with E-state index in [2.05, 4.69) is 10.1 Å². The Morgan fingerprint density at radius 3 is 2.72 bits per heavy atom. The van der Waals surface area contributed by atoms with Crippen LogP contribution in [0.1, 0.15) is 0 Å². The zero-order valence-corrected chi connectivity index (χ0v) is 10.7. The van der Waals surface area contributed by atoms with Crippen molar-refractivity contribution in [3.63, 3.8) is 0 Å². The zero-order valence-electron chi connectivity index (χ0n) is 9.90. The third-order valence-electron chi connectivity index (χ3n) is 2.45. The van der Waals surface area contributed by atoms with Gasteiger partial charge in [0.15, 0.2) is 9.84 Å². The van der Waals surface area contributed by atoms with Gasteiger partial charge in [-0.1, -0.05) is 0 Å². The highest BCUT2D eigenvalue weighted by atomic mass is 32.2. The Morgan fingerprint density at radius 2 is 2.22 bits per heavy atom. The number of alkyl carbamates (subject to hydrolysis) is 1. The van der Waals surface area contributed by atoms with Crippen LogP contribution in [0.4, 0.5) is 4.79 Å². The summed E-state index contributed by atoms with van der Waals surface area (Å²) in [6, 6.07) is -0.673. The second kappa shape index (κ2) is 6.32. The number of sulfone groups is 1. The smallest absolute Gasteiger partial charge is 0.407 e. The molecule has 1 rings (SSSR count). The maximum atomic E-state index is 11.3. The molecule has 1 heterocycles. The van der Waals surface area contributed by atoms with Crippen molar-refractivity contribution >= 4 is 15.9 Å². The number of rotatable bonds is 5. The first-order chi connectivity index (χ1) is 8.33. The van der Waals surface area contributed by atoms with E-state index in [1.165, 1.54) is 0 Å². The molecule has 0 aromatic rings. The molecule has 0 saturated carbocycles. The molecule has 1 aliphatic heterocycles.